The lowest BCUT2D eigenvalue weighted by Crippen LogP contribution is -2.35. The predicted octanol–water partition coefficient (Wildman–Crippen LogP) is 2.04. The summed E-state index contributed by atoms with van der Waals surface area (Å²) in [5.41, 5.74) is 0.308. The second-order valence-electron chi connectivity index (χ2n) is 5.49. The van der Waals surface area contributed by atoms with Gasteiger partial charge in [-0.1, -0.05) is 6.92 Å². The van der Waals surface area contributed by atoms with E-state index in [2.05, 4.69) is 17.3 Å². The molecule has 1 fully saturated rings. The molecule has 2 rings (SSSR count). The van der Waals surface area contributed by atoms with Crippen molar-refractivity contribution in [1.82, 2.24) is 15.1 Å². The highest BCUT2D eigenvalue weighted by Gasteiger charge is 2.42. The first kappa shape index (κ1) is 14.1. The Morgan fingerprint density at radius 1 is 1.63 bits per heavy atom. The summed E-state index contributed by atoms with van der Waals surface area (Å²) in [6, 6.07) is 0.145. The minimum Gasteiger partial charge on any atom is -0.493 e. The largest absolute Gasteiger partial charge is 0.493 e. The van der Waals surface area contributed by atoms with Gasteiger partial charge in [0.1, 0.15) is 5.69 Å². The van der Waals surface area contributed by atoms with E-state index in [1.807, 2.05) is 13.8 Å². The third-order valence-electron chi connectivity index (χ3n) is 4.09. The second kappa shape index (κ2) is 5.33. The molecule has 0 aromatic carbocycles. The number of methoxy groups -OCH3 is 1. The van der Waals surface area contributed by atoms with Crippen molar-refractivity contribution in [3.63, 3.8) is 0 Å². The van der Waals surface area contributed by atoms with E-state index in [0.717, 1.165) is 25.9 Å². The summed E-state index contributed by atoms with van der Waals surface area (Å²) in [4.78, 5) is 13.0. The molecule has 1 aromatic heterocycles. The number of hydrogen-bond donors (Lipinski definition) is 1. The summed E-state index contributed by atoms with van der Waals surface area (Å²) in [6.07, 6.45) is 3.36. The van der Waals surface area contributed by atoms with Gasteiger partial charge >= 0.3 is 0 Å². The van der Waals surface area contributed by atoms with Crippen molar-refractivity contribution in [2.24, 2.45) is 5.41 Å². The fraction of sp³-hybridized carbons (Fsp3) is 0.714. The van der Waals surface area contributed by atoms with Gasteiger partial charge in [0.15, 0.2) is 11.5 Å². The van der Waals surface area contributed by atoms with Gasteiger partial charge < -0.3 is 10.1 Å². The molecule has 5 nitrogen and oxygen atoms in total. The molecule has 1 unspecified atom stereocenters. The molecule has 1 saturated heterocycles. The minimum absolute atomic E-state index is 0.145. The maximum absolute atomic E-state index is 13.0. The van der Waals surface area contributed by atoms with E-state index in [0.29, 0.717) is 11.4 Å². The van der Waals surface area contributed by atoms with Gasteiger partial charge in [-0.3, -0.25) is 9.48 Å². The molecule has 0 saturated carbocycles. The average Bonchev–Trinajstić information content (AvgIpc) is 3.04. The van der Waals surface area contributed by atoms with Crippen molar-refractivity contribution in [3.05, 3.63) is 11.9 Å². The van der Waals surface area contributed by atoms with Gasteiger partial charge in [-0.2, -0.15) is 5.10 Å². The molecule has 106 valence electrons. The fourth-order valence-electron chi connectivity index (χ4n) is 2.75. The third-order valence-corrected chi connectivity index (χ3v) is 4.09. The quantitative estimate of drug-likeness (QED) is 0.828. The number of ether oxygens (including phenoxy) is 1. The Balaban J connectivity index is 2.45. The summed E-state index contributed by atoms with van der Waals surface area (Å²) in [6.45, 7) is 7.77. The molecule has 0 radical (unpaired) electrons. The summed E-state index contributed by atoms with van der Waals surface area (Å²) in [5, 5.41) is 7.60. The molecule has 1 aliphatic rings. The van der Waals surface area contributed by atoms with Gasteiger partial charge in [-0.05, 0) is 33.2 Å². The van der Waals surface area contributed by atoms with Gasteiger partial charge in [-0.15, -0.1) is 0 Å². The highest BCUT2D eigenvalue weighted by molar-refractivity contribution is 6.01. The number of carbonyl (C=O) groups excluding carboxylic acids is 1. The van der Waals surface area contributed by atoms with E-state index in [9.17, 15) is 4.79 Å². The molecule has 0 amide bonds. The van der Waals surface area contributed by atoms with Crippen LogP contribution < -0.4 is 10.1 Å². The molecule has 1 atom stereocenters. The van der Waals surface area contributed by atoms with Crippen molar-refractivity contribution in [2.75, 3.05) is 20.2 Å². The van der Waals surface area contributed by atoms with Gasteiger partial charge in [0.05, 0.1) is 13.3 Å². The number of nitrogens with one attached hydrogen (secondary N) is 1. The van der Waals surface area contributed by atoms with Gasteiger partial charge in [0, 0.05) is 18.0 Å². The van der Waals surface area contributed by atoms with Crippen LogP contribution in [-0.2, 0) is 0 Å². The Morgan fingerprint density at radius 2 is 2.37 bits per heavy atom. The number of hydrogen-bond acceptors (Lipinski definition) is 4. The summed E-state index contributed by atoms with van der Waals surface area (Å²) < 4.78 is 7.10. The van der Waals surface area contributed by atoms with Gasteiger partial charge in [-0.25, -0.2) is 0 Å². The van der Waals surface area contributed by atoms with E-state index in [1.165, 1.54) is 0 Å². The number of Topliss-reactive ketones (excluding diaryl/α,β-unsaturated/α-hetero) is 1. The zero-order chi connectivity index (χ0) is 14.0. The van der Waals surface area contributed by atoms with E-state index in [-0.39, 0.29) is 17.2 Å². The number of nitrogens with zero attached hydrogens (tertiary/aromatic N) is 2. The van der Waals surface area contributed by atoms with Crippen LogP contribution in [0.2, 0.25) is 0 Å². The van der Waals surface area contributed by atoms with Crippen molar-refractivity contribution in [2.45, 2.75) is 39.7 Å². The molecular weight excluding hydrogens is 242 g/mol. The second-order valence-corrected chi connectivity index (χ2v) is 5.49. The van der Waals surface area contributed by atoms with Crippen LogP contribution in [0.5, 0.6) is 5.75 Å². The minimum atomic E-state index is -0.306. The van der Waals surface area contributed by atoms with E-state index in [1.54, 1.807) is 18.0 Å². The average molecular weight is 265 g/mol. The molecule has 1 aromatic rings. The Labute approximate surface area is 114 Å². The number of ketones is 1. The normalized spacial score (nSPS) is 23.0. The van der Waals surface area contributed by atoms with Crippen LogP contribution in [0.4, 0.5) is 0 Å². The smallest absolute Gasteiger partial charge is 0.192 e. The Hall–Kier alpha value is -1.36. The molecule has 0 bridgehead atoms. The summed E-state index contributed by atoms with van der Waals surface area (Å²) in [5.74, 6) is 0.737. The fourth-order valence-corrected chi connectivity index (χ4v) is 2.75. The first-order valence-electron chi connectivity index (χ1n) is 6.92. The standard InChI is InChI=1S/C14H23N3O2/c1-5-14(6-7-15-9-14)13(18)12-11(19-4)8-16-17(12)10(2)3/h8,10,15H,5-7,9H2,1-4H3. The first-order valence-corrected chi connectivity index (χ1v) is 6.92. The van der Waals surface area contributed by atoms with Gasteiger partial charge in [0.25, 0.3) is 0 Å². The number of aromatic nitrogens is 2. The maximum atomic E-state index is 13.0. The van der Waals surface area contributed by atoms with Crippen molar-refractivity contribution < 1.29 is 9.53 Å². The molecule has 2 heterocycles. The molecular formula is C14H23N3O2. The first-order chi connectivity index (χ1) is 9.05. The molecule has 5 heteroatoms. The highest BCUT2D eigenvalue weighted by atomic mass is 16.5. The van der Waals surface area contributed by atoms with Crippen molar-refractivity contribution in [1.29, 1.82) is 0 Å². The Bertz CT molecular complexity index is 459. The number of carbonyl (C=O) groups is 1. The zero-order valence-electron chi connectivity index (χ0n) is 12.2. The topological polar surface area (TPSA) is 56.1 Å². The Kier molecular flexibility index (Phi) is 3.94. The van der Waals surface area contributed by atoms with Crippen LogP contribution in [0.25, 0.3) is 0 Å². The lowest BCUT2D eigenvalue weighted by Gasteiger charge is -2.26. The van der Waals surface area contributed by atoms with Crippen LogP contribution in [0.15, 0.2) is 6.20 Å². The van der Waals surface area contributed by atoms with Gasteiger partial charge in [0.2, 0.25) is 0 Å². The SMILES string of the molecule is CCC1(C(=O)c2c(OC)cnn2C(C)C)CCNC1. The molecule has 1 N–H and O–H groups in total. The predicted molar refractivity (Wildman–Crippen MR) is 73.7 cm³/mol. The molecule has 0 aliphatic carbocycles. The maximum Gasteiger partial charge on any atom is 0.192 e. The van der Waals surface area contributed by atoms with Crippen molar-refractivity contribution >= 4 is 5.78 Å². The lowest BCUT2D eigenvalue weighted by atomic mass is 9.78. The van der Waals surface area contributed by atoms with Crippen LogP contribution in [0, 0.1) is 5.41 Å². The van der Waals surface area contributed by atoms with Crippen LogP contribution in [0.3, 0.4) is 0 Å². The van der Waals surface area contributed by atoms with Crippen molar-refractivity contribution in [3.8, 4) is 5.75 Å². The summed E-state index contributed by atoms with van der Waals surface area (Å²) >= 11 is 0. The molecule has 1 aliphatic heterocycles. The van der Waals surface area contributed by atoms with Crippen LogP contribution in [-0.4, -0.2) is 35.8 Å². The Morgan fingerprint density at radius 3 is 2.84 bits per heavy atom. The van der Waals surface area contributed by atoms with Crippen LogP contribution in [0.1, 0.15) is 50.1 Å². The lowest BCUT2D eigenvalue weighted by molar-refractivity contribution is 0.0793. The monoisotopic (exact) mass is 265 g/mol. The van der Waals surface area contributed by atoms with Crippen LogP contribution >= 0.6 is 0 Å². The third kappa shape index (κ3) is 2.27. The van der Waals surface area contributed by atoms with E-state index in [4.69, 9.17) is 4.74 Å². The summed E-state index contributed by atoms with van der Waals surface area (Å²) in [7, 11) is 1.59. The molecule has 19 heavy (non-hydrogen) atoms. The van der Waals surface area contributed by atoms with E-state index < -0.39 is 0 Å². The molecule has 0 spiro atoms. The number of rotatable bonds is 5. The zero-order valence-corrected chi connectivity index (χ0v) is 12.2. The van der Waals surface area contributed by atoms with E-state index >= 15 is 0 Å². The highest BCUT2D eigenvalue weighted by Crippen LogP contribution is 2.36.